The lowest BCUT2D eigenvalue weighted by Crippen LogP contribution is -2.30. The first-order valence-corrected chi connectivity index (χ1v) is 4.46. The molecule has 2 bridgehead atoms. The van der Waals surface area contributed by atoms with Gasteiger partial charge in [0, 0.05) is 12.3 Å². The Hall–Kier alpha value is -1.17. The van der Waals surface area contributed by atoms with E-state index in [1.807, 2.05) is 0 Å². The highest BCUT2D eigenvalue weighted by atomic mass is 16.5. The molecule has 0 saturated carbocycles. The van der Waals surface area contributed by atoms with Crippen LogP contribution in [-0.4, -0.2) is 24.3 Å². The average molecular weight is 178 g/mol. The highest BCUT2D eigenvalue weighted by Gasteiger charge is 2.48. The first-order chi connectivity index (χ1) is 6.36. The fraction of sp³-hybridized carbons (Fsp3) is 0.778. The molecule has 4 heteroatoms. The van der Waals surface area contributed by atoms with E-state index in [1.165, 1.54) is 0 Å². The van der Waals surface area contributed by atoms with Crippen molar-refractivity contribution in [3.8, 4) is 6.07 Å². The Balaban J connectivity index is 2.15. The van der Waals surface area contributed by atoms with Crippen LogP contribution in [0.3, 0.4) is 0 Å². The summed E-state index contributed by atoms with van der Waals surface area (Å²) in [7, 11) is 0. The van der Waals surface area contributed by atoms with E-state index in [0.29, 0.717) is 6.42 Å². The fourth-order valence-corrected chi connectivity index (χ4v) is 2.35. The summed E-state index contributed by atoms with van der Waals surface area (Å²) in [5.41, 5.74) is 0. The maximum atomic E-state index is 10.2. The van der Waals surface area contributed by atoms with Crippen molar-refractivity contribution < 1.29 is 9.53 Å². The second-order valence-corrected chi connectivity index (χ2v) is 3.53. The lowest BCUT2D eigenvalue weighted by atomic mass is 9.83. The number of aliphatic imine (C=N–C) groups is 1. The molecule has 4 unspecified atom stereocenters. The maximum absolute atomic E-state index is 10.2. The third-order valence-electron chi connectivity index (χ3n) is 2.91. The van der Waals surface area contributed by atoms with Crippen molar-refractivity contribution in [2.45, 2.75) is 37.5 Å². The summed E-state index contributed by atoms with van der Waals surface area (Å²) in [5.74, 6) is 0.116. The minimum absolute atomic E-state index is 0.0600. The third kappa shape index (κ3) is 1.27. The second kappa shape index (κ2) is 3.29. The SMILES string of the molecule is N#CCC1C2CCC(O2)C1N=C=O. The molecule has 0 amide bonds. The van der Waals surface area contributed by atoms with Crippen LogP contribution in [0.15, 0.2) is 4.99 Å². The largest absolute Gasteiger partial charge is 0.372 e. The van der Waals surface area contributed by atoms with Gasteiger partial charge in [-0.15, -0.1) is 0 Å². The molecular formula is C9H10N2O2. The van der Waals surface area contributed by atoms with E-state index in [1.54, 1.807) is 6.08 Å². The summed E-state index contributed by atoms with van der Waals surface area (Å²) < 4.78 is 5.58. The van der Waals surface area contributed by atoms with Gasteiger partial charge in [0.1, 0.15) is 0 Å². The summed E-state index contributed by atoms with van der Waals surface area (Å²) in [5, 5.41) is 8.60. The first-order valence-electron chi connectivity index (χ1n) is 4.46. The van der Waals surface area contributed by atoms with Gasteiger partial charge in [-0.25, -0.2) is 4.79 Å². The lowest BCUT2D eigenvalue weighted by molar-refractivity contribution is 0.0916. The van der Waals surface area contributed by atoms with Crippen LogP contribution in [0, 0.1) is 17.2 Å². The molecule has 2 fully saturated rings. The van der Waals surface area contributed by atoms with E-state index in [0.717, 1.165) is 12.8 Å². The molecule has 0 aromatic rings. The van der Waals surface area contributed by atoms with Crippen LogP contribution in [0.4, 0.5) is 0 Å². The zero-order valence-electron chi connectivity index (χ0n) is 7.14. The monoisotopic (exact) mass is 178 g/mol. The fourth-order valence-electron chi connectivity index (χ4n) is 2.35. The summed E-state index contributed by atoms with van der Waals surface area (Å²) in [6.45, 7) is 0. The summed E-state index contributed by atoms with van der Waals surface area (Å²) >= 11 is 0. The minimum Gasteiger partial charge on any atom is -0.372 e. The van der Waals surface area contributed by atoms with Crippen LogP contribution in [0.1, 0.15) is 19.3 Å². The molecule has 4 nitrogen and oxygen atoms in total. The molecule has 2 aliphatic rings. The molecule has 0 aromatic heterocycles. The molecule has 0 N–H and O–H groups in total. The molecule has 0 spiro atoms. The van der Waals surface area contributed by atoms with Gasteiger partial charge in [0.05, 0.1) is 24.3 Å². The number of nitrogens with zero attached hydrogens (tertiary/aromatic N) is 2. The number of isocyanates is 1. The van der Waals surface area contributed by atoms with Gasteiger partial charge in [-0.1, -0.05) is 0 Å². The number of hydrogen-bond donors (Lipinski definition) is 0. The molecule has 0 radical (unpaired) electrons. The predicted molar refractivity (Wildman–Crippen MR) is 43.5 cm³/mol. The summed E-state index contributed by atoms with van der Waals surface area (Å²) in [6, 6.07) is 2.00. The van der Waals surface area contributed by atoms with Crippen molar-refractivity contribution in [2.75, 3.05) is 0 Å². The zero-order chi connectivity index (χ0) is 9.26. The highest BCUT2D eigenvalue weighted by Crippen LogP contribution is 2.42. The quantitative estimate of drug-likeness (QED) is 0.463. The second-order valence-electron chi connectivity index (χ2n) is 3.53. The topological polar surface area (TPSA) is 62.4 Å². The van der Waals surface area contributed by atoms with Crippen molar-refractivity contribution in [2.24, 2.45) is 10.9 Å². The Morgan fingerprint density at radius 1 is 1.46 bits per heavy atom. The normalized spacial score (nSPS) is 41.2. The van der Waals surface area contributed by atoms with Gasteiger partial charge in [-0.2, -0.15) is 10.3 Å². The van der Waals surface area contributed by atoms with Gasteiger partial charge in [0.15, 0.2) is 0 Å². The van der Waals surface area contributed by atoms with Crippen molar-refractivity contribution in [1.29, 1.82) is 5.26 Å². The van der Waals surface area contributed by atoms with Crippen molar-refractivity contribution in [3.05, 3.63) is 0 Å². The third-order valence-corrected chi connectivity index (χ3v) is 2.91. The molecule has 2 aliphatic heterocycles. The predicted octanol–water partition coefficient (Wildman–Crippen LogP) is 0.782. The van der Waals surface area contributed by atoms with Gasteiger partial charge < -0.3 is 4.74 Å². The standard InChI is InChI=1S/C9H10N2O2/c10-4-3-6-7-1-2-8(13-7)9(6)11-5-12/h6-9H,1-3H2. The summed E-state index contributed by atoms with van der Waals surface area (Å²) in [6.07, 6.45) is 4.16. The van der Waals surface area contributed by atoms with E-state index in [9.17, 15) is 4.79 Å². The van der Waals surface area contributed by atoms with E-state index in [4.69, 9.17) is 10.00 Å². The summed E-state index contributed by atoms with van der Waals surface area (Å²) in [4.78, 5) is 13.9. The number of rotatable bonds is 2. The van der Waals surface area contributed by atoms with Gasteiger partial charge in [0.2, 0.25) is 6.08 Å². The van der Waals surface area contributed by atoms with E-state index in [2.05, 4.69) is 11.1 Å². The van der Waals surface area contributed by atoms with E-state index < -0.39 is 0 Å². The molecule has 13 heavy (non-hydrogen) atoms. The first kappa shape index (κ1) is 8.43. The van der Waals surface area contributed by atoms with Crippen LogP contribution in [0.2, 0.25) is 0 Å². The molecular weight excluding hydrogens is 168 g/mol. The molecule has 4 atom stereocenters. The van der Waals surface area contributed by atoms with E-state index in [-0.39, 0.29) is 24.2 Å². The molecule has 0 aliphatic carbocycles. The van der Waals surface area contributed by atoms with Crippen LogP contribution in [0.5, 0.6) is 0 Å². The van der Waals surface area contributed by atoms with Gasteiger partial charge in [-0.05, 0) is 12.8 Å². The van der Waals surface area contributed by atoms with Gasteiger partial charge >= 0.3 is 0 Å². The van der Waals surface area contributed by atoms with Crippen molar-refractivity contribution in [1.82, 2.24) is 0 Å². The van der Waals surface area contributed by atoms with Crippen LogP contribution < -0.4 is 0 Å². The van der Waals surface area contributed by atoms with Gasteiger partial charge in [0.25, 0.3) is 0 Å². The Morgan fingerprint density at radius 2 is 2.23 bits per heavy atom. The van der Waals surface area contributed by atoms with Crippen LogP contribution in [-0.2, 0) is 9.53 Å². The molecule has 2 heterocycles. The maximum Gasteiger partial charge on any atom is 0.235 e. The number of fused-ring (bicyclic) bond motifs is 2. The highest BCUT2D eigenvalue weighted by molar-refractivity contribution is 5.34. The zero-order valence-corrected chi connectivity index (χ0v) is 7.14. The van der Waals surface area contributed by atoms with Crippen molar-refractivity contribution >= 4 is 6.08 Å². The van der Waals surface area contributed by atoms with Crippen LogP contribution in [0.25, 0.3) is 0 Å². The number of nitriles is 1. The number of ether oxygens (including phenoxy) is 1. The molecule has 2 saturated heterocycles. The Labute approximate surface area is 76.2 Å². The molecule has 2 rings (SSSR count). The Bertz CT molecular complexity index is 290. The van der Waals surface area contributed by atoms with E-state index >= 15 is 0 Å². The Morgan fingerprint density at radius 3 is 2.92 bits per heavy atom. The number of hydrogen-bond acceptors (Lipinski definition) is 4. The molecule has 68 valence electrons. The smallest absolute Gasteiger partial charge is 0.235 e. The van der Waals surface area contributed by atoms with Gasteiger partial charge in [-0.3, -0.25) is 0 Å². The lowest BCUT2D eigenvalue weighted by Gasteiger charge is -2.20. The Kier molecular flexibility index (Phi) is 2.13. The minimum atomic E-state index is -0.115. The average Bonchev–Trinajstić information content (AvgIpc) is 2.69. The molecule has 0 aromatic carbocycles. The van der Waals surface area contributed by atoms with Crippen LogP contribution >= 0.6 is 0 Å². The number of carbonyl (C=O) groups excluding carboxylic acids is 1. The van der Waals surface area contributed by atoms with Crippen molar-refractivity contribution in [3.63, 3.8) is 0 Å².